The minimum absolute atomic E-state index is 0.00950. The van der Waals surface area contributed by atoms with Crippen LogP contribution in [0.25, 0.3) is 22.2 Å². The zero-order chi connectivity index (χ0) is 38.0. The maximum atomic E-state index is 12.5. The number of benzene rings is 3. The summed E-state index contributed by atoms with van der Waals surface area (Å²) in [4.78, 5) is 50.8. The highest BCUT2D eigenvalue weighted by molar-refractivity contribution is 7.90. The summed E-state index contributed by atoms with van der Waals surface area (Å²) in [5, 5.41) is 0.667. The summed E-state index contributed by atoms with van der Waals surface area (Å²) in [5.41, 5.74) is 7.69. The van der Waals surface area contributed by atoms with Crippen molar-refractivity contribution in [1.29, 1.82) is 0 Å². The number of sulfonamides is 1. The maximum Gasteiger partial charge on any atom is 0.267 e. The van der Waals surface area contributed by atoms with Gasteiger partial charge in [-0.2, -0.15) is 0 Å². The summed E-state index contributed by atoms with van der Waals surface area (Å²) < 4.78 is 38.0. The highest BCUT2D eigenvalue weighted by Crippen LogP contribution is 2.43. The van der Waals surface area contributed by atoms with Crippen LogP contribution < -0.4 is 25.4 Å². The van der Waals surface area contributed by atoms with Gasteiger partial charge < -0.3 is 25.1 Å². The first-order chi connectivity index (χ1) is 25.5. The average Bonchev–Trinajstić information content (AvgIpc) is 3.75. The maximum absolute atomic E-state index is 12.5. The lowest BCUT2D eigenvalue weighted by atomic mass is 10.1. The van der Waals surface area contributed by atoms with Crippen LogP contribution in [-0.4, -0.2) is 62.3 Å². The Morgan fingerprint density at radius 2 is 1.60 bits per heavy atom. The number of amides is 3. The van der Waals surface area contributed by atoms with Crippen LogP contribution in [0.1, 0.15) is 64.7 Å². The number of nitrogens with two attached hydrogens (primary N) is 1. The Labute approximate surface area is 310 Å². The molecule has 3 aliphatic rings. The van der Waals surface area contributed by atoms with E-state index in [4.69, 9.17) is 15.2 Å². The van der Waals surface area contributed by atoms with Gasteiger partial charge >= 0.3 is 0 Å². The molecule has 3 amide bonds. The molecule has 2 aliphatic heterocycles. The van der Waals surface area contributed by atoms with Crippen LogP contribution in [0.5, 0.6) is 11.5 Å². The zero-order valence-corrected chi connectivity index (χ0v) is 31.0. The van der Waals surface area contributed by atoms with E-state index < -0.39 is 15.9 Å². The lowest BCUT2D eigenvalue weighted by Crippen LogP contribution is -2.42. The van der Waals surface area contributed by atoms with Crippen molar-refractivity contribution < 1.29 is 32.3 Å². The molecule has 3 aromatic carbocycles. The smallest absolute Gasteiger partial charge is 0.267 e. The van der Waals surface area contributed by atoms with Gasteiger partial charge in [0, 0.05) is 42.6 Å². The second-order valence-electron chi connectivity index (χ2n) is 13.5. The van der Waals surface area contributed by atoms with Crippen molar-refractivity contribution in [2.75, 3.05) is 20.3 Å². The van der Waals surface area contributed by atoms with Gasteiger partial charge in [-0.3, -0.25) is 19.2 Å². The number of methoxy groups -OCH3 is 1. The lowest BCUT2D eigenvalue weighted by Gasteiger charge is -2.19. The number of ether oxygens (including phenoxy) is 2. The molecule has 0 unspecified atom stereocenters. The van der Waals surface area contributed by atoms with Crippen molar-refractivity contribution in [3.8, 4) is 22.8 Å². The topological polar surface area (TPSA) is 178 Å². The number of rotatable bonds is 3. The van der Waals surface area contributed by atoms with Gasteiger partial charge in [0.25, 0.3) is 10.0 Å². The highest BCUT2D eigenvalue weighted by atomic mass is 32.2. The predicted molar refractivity (Wildman–Crippen MR) is 203 cm³/mol. The number of fused-ring (bicyclic) bond motifs is 3. The largest absolute Gasteiger partial charge is 0.497 e. The Kier molecular flexibility index (Phi) is 13.3. The van der Waals surface area contributed by atoms with Crippen LogP contribution in [0, 0.1) is 11.8 Å². The zero-order valence-electron chi connectivity index (χ0n) is 30.2. The molecule has 282 valence electrons. The molecule has 1 aromatic heterocycles. The van der Waals surface area contributed by atoms with E-state index in [1.165, 1.54) is 24.3 Å². The number of hydrogen-bond acceptors (Lipinski definition) is 8. The Morgan fingerprint density at radius 3 is 2.32 bits per heavy atom. The van der Waals surface area contributed by atoms with Crippen molar-refractivity contribution >= 4 is 38.6 Å². The van der Waals surface area contributed by atoms with Gasteiger partial charge in [-0.1, -0.05) is 68.1 Å². The number of nitrogens with zero attached hydrogens (tertiary/aromatic N) is 1. The first-order valence-corrected chi connectivity index (χ1v) is 19.6. The van der Waals surface area contributed by atoms with Crippen molar-refractivity contribution in [2.45, 2.75) is 75.6 Å². The van der Waals surface area contributed by atoms with E-state index in [-0.39, 0.29) is 34.1 Å². The highest BCUT2D eigenvalue weighted by Gasteiger charge is 2.43. The van der Waals surface area contributed by atoms with E-state index in [9.17, 15) is 27.6 Å². The predicted octanol–water partition coefficient (Wildman–Crippen LogP) is 5.55. The minimum atomic E-state index is -3.88. The Bertz CT molecular complexity index is 2050. The second-order valence-corrected chi connectivity index (χ2v) is 15.2. The number of H-pyrrole nitrogens is 1. The fraction of sp³-hybridized carbons (Fsp3) is 0.400. The molecule has 4 N–H and O–H groups in total. The van der Waals surface area contributed by atoms with Crippen LogP contribution in [-0.2, 0) is 24.4 Å². The van der Waals surface area contributed by atoms with Crippen LogP contribution in [0.15, 0.2) is 88.6 Å². The van der Waals surface area contributed by atoms with E-state index in [1.54, 1.807) is 43.5 Å². The van der Waals surface area contributed by atoms with E-state index >= 15 is 0 Å². The van der Waals surface area contributed by atoms with Crippen LogP contribution in [0.2, 0.25) is 0 Å². The number of primary amides is 1. The minimum Gasteiger partial charge on any atom is -0.497 e. The van der Waals surface area contributed by atoms with Crippen molar-refractivity contribution in [1.82, 2.24) is 14.6 Å². The SMILES string of the molecule is CC(=O)N1CCC[C@H]1C(N)=O.COc1ccc2c(=O)cc(-c3ccccc3)[nH]c2c1.O=C1NS(=O)(=O)c2ccccc2OCCCCCCC[C@@H]2C[C@H]12. The summed E-state index contributed by atoms with van der Waals surface area (Å²) in [7, 11) is -2.27. The number of nitrogens with one attached hydrogen (secondary N) is 2. The molecule has 1 saturated carbocycles. The van der Waals surface area contributed by atoms with Crippen molar-refractivity contribution in [3.63, 3.8) is 0 Å². The van der Waals surface area contributed by atoms with Gasteiger partial charge in [-0.05, 0) is 67.9 Å². The normalized spacial score (nSPS) is 20.9. The molecular formula is C40H48N4O8S. The number of hydrogen-bond donors (Lipinski definition) is 3. The summed E-state index contributed by atoms with van der Waals surface area (Å²) in [6.07, 6.45) is 8.86. The molecule has 13 heteroatoms. The monoisotopic (exact) mass is 744 g/mol. The first-order valence-electron chi connectivity index (χ1n) is 18.1. The van der Waals surface area contributed by atoms with E-state index in [0.717, 1.165) is 73.9 Å². The van der Waals surface area contributed by atoms with Gasteiger partial charge in [0.15, 0.2) is 5.43 Å². The number of carbonyl (C=O) groups excluding carboxylic acids is 3. The van der Waals surface area contributed by atoms with Gasteiger partial charge in [0.1, 0.15) is 22.4 Å². The van der Waals surface area contributed by atoms with Crippen LogP contribution >= 0.6 is 0 Å². The van der Waals surface area contributed by atoms with Crippen molar-refractivity contribution in [3.05, 3.63) is 89.1 Å². The van der Waals surface area contributed by atoms with Gasteiger partial charge in [0.05, 0.1) is 19.2 Å². The van der Waals surface area contributed by atoms with E-state index in [1.807, 2.05) is 36.4 Å². The van der Waals surface area contributed by atoms with Gasteiger partial charge in [-0.25, -0.2) is 13.1 Å². The van der Waals surface area contributed by atoms with Crippen molar-refractivity contribution in [2.24, 2.45) is 17.6 Å². The molecular weight excluding hydrogens is 697 g/mol. The van der Waals surface area contributed by atoms with Gasteiger partial charge in [-0.15, -0.1) is 0 Å². The molecule has 0 spiro atoms. The van der Waals surface area contributed by atoms with E-state index in [2.05, 4.69) is 9.71 Å². The summed E-state index contributed by atoms with van der Waals surface area (Å²) in [6, 6.07) is 23.0. The quantitative estimate of drug-likeness (QED) is 0.245. The lowest BCUT2D eigenvalue weighted by molar-refractivity contribution is -0.135. The second kappa shape index (κ2) is 18.0. The third-order valence-electron chi connectivity index (χ3n) is 9.72. The fourth-order valence-corrected chi connectivity index (χ4v) is 7.91. The van der Waals surface area contributed by atoms with E-state index in [0.29, 0.717) is 30.2 Å². The molecule has 4 aromatic rings. The molecule has 1 aliphatic carbocycles. The molecule has 53 heavy (non-hydrogen) atoms. The Morgan fingerprint density at radius 1 is 0.887 bits per heavy atom. The molecule has 0 radical (unpaired) electrons. The molecule has 2 fully saturated rings. The number of carbonyl (C=O) groups is 3. The number of para-hydroxylation sites is 1. The molecule has 3 heterocycles. The molecule has 7 rings (SSSR count). The standard InChI is InChI=1S/C17H23NO4S.C16H13NO2.C7H12N2O2/c19-17-14-12-13(14)8-4-2-1-3-7-11-22-15-9-5-6-10-16(15)23(20,21)18-17;1-19-12-7-8-13-15(9-12)17-14(10-16(13)18)11-5-3-2-4-6-11;1-5(10)9-4-2-3-6(9)7(8)11/h5-6,9-10,13-14H,1-4,7-8,11-12H2,(H,18,19);2-10H,1H3,(H,17,18);6H,2-4H2,1H3,(H2,8,11)/t13-,14+;;6-/m1.0/s1. The summed E-state index contributed by atoms with van der Waals surface area (Å²) in [6.45, 7) is 2.62. The Balaban J connectivity index is 0.000000163. The third kappa shape index (κ3) is 10.5. The molecule has 3 atom stereocenters. The number of aromatic amines is 1. The van der Waals surface area contributed by atoms with Crippen LogP contribution in [0.3, 0.4) is 0 Å². The first kappa shape index (κ1) is 39.0. The summed E-state index contributed by atoms with van der Waals surface area (Å²) in [5.74, 6) is 0.414. The fourth-order valence-electron chi connectivity index (χ4n) is 6.73. The molecule has 1 saturated heterocycles. The Hall–Kier alpha value is -5.17. The molecule has 12 nitrogen and oxygen atoms in total. The number of pyridine rings is 1. The summed E-state index contributed by atoms with van der Waals surface area (Å²) >= 11 is 0. The number of aromatic nitrogens is 1. The van der Waals surface area contributed by atoms with Crippen LogP contribution in [0.4, 0.5) is 0 Å². The van der Waals surface area contributed by atoms with Gasteiger partial charge in [0.2, 0.25) is 17.7 Å². The third-order valence-corrected chi connectivity index (χ3v) is 11.1. The molecule has 0 bridgehead atoms. The number of likely N-dealkylation sites (tertiary alicyclic amines) is 1. The average molecular weight is 745 g/mol.